The molecule has 0 fully saturated rings. The average molecular weight is 299 g/mol. The summed E-state index contributed by atoms with van der Waals surface area (Å²) in [5, 5.41) is 5.68. The van der Waals surface area contributed by atoms with Gasteiger partial charge in [0.25, 0.3) is 0 Å². The van der Waals surface area contributed by atoms with Gasteiger partial charge in [0, 0.05) is 24.2 Å². The summed E-state index contributed by atoms with van der Waals surface area (Å²) >= 11 is 2.97. The van der Waals surface area contributed by atoms with Crippen molar-refractivity contribution in [2.45, 2.75) is 0 Å². The fourth-order valence-corrected chi connectivity index (χ4v) is 4.19. The van der Waals surface area contributed by atoms with Crippen molar-refractivity contribution in [3.8, 4) is 10.6 Å². The van der Waals surface area contributed by atoms with Crippen LogP contribution in [0, 0.1) is 5.82 Å². The Balaban J connectivity index is 1.93. The molecule has 0 atom stereocenters. The van der Waals surface area contributed by atoms with E-state index in [4.69, 9.17) is 7.85 Å². The third-order valence-corrected chi connectivity index (χ3v) is 5.07. The van der Waals surface area contributed by atoms with E-state index >= 15 is 0 Å². The molecule has 1 aromatic carbocycles. The van der Waals surface area contributed by atoms with E-state index < -0.39 is 0 Å². The number of aryl methyl sites for hydroxylation is 1. The van der Waals surface area contributed by atoms with E-state index in [1.807, 2.05) is 12.1 Å². The largest absolute Gasteiger partial charge is 0.274 e. The van der Waals surface area contributed by atoms with Crippen LogP contribution in [0.5, 0.6) is 0 Å². The van der Waals surface area contributed by atoms with Gasteiger partial charge >= 0.3 is 0 Å². The van der Waals surface area contributed by atoms with Gasteiger partial charge in [0.15, 0.2) is 5.82 Å². The molecule has 0 N–H and O–H groups in total. The first kappa shape index (κ1) is 12.0. The van der Waals surface area contributed by atoms with Crippen molar-refractivity contribution in [2.75, 3.05) is 0 Å². The topological polar surface area (TPSA) is 30.7 Å². The molecule has 4 rings (SSSR count). The number of aromatic nitrogens is 3. The van der Waals surface area contributed by atoms with Crippen LogP contribution in [0.1, 0.15) is 0 Å². The van der Waals surface area contributed by atoms with Gasteiger partial charge in [0.1, 0.15) is 23.2 Å². The number of rotatable bonds is 1. The molecule has 0 aliphatic heterocycles. The van der Waals surface area contributed by atoms with Gasteiger partial charge in [-0.1, -0.05) is 0 Å². The number of nitrogens with zero attached hydrogens (tertiary/aromatic N) is 3. The van der Waals surface area contributed by atoms with Crippen molar-refractivity contribution in [1.29, 1.82) is 0 Å². The fourth-order valence-electron chi connectivity index (χ4n) is 2.21. The number of thiazole rings is 1. The Morgan fingerprint density at radius 2 is 2.10 bits per heavy atom. The van der Waals surface area contributed by atoms with Crippen LogP contribution >= 0.6 is 22.7 Å². The SMILES string of the molecule is [B]c1cc2sc(-c3cc(F)c4nn(C)cc4c3)nc2s1. The molecule has 20 heavy (non-hydrogen) atoms. The van der Waals surface area contributed by atoms with Crippen LogP contribution in [0.15, 0.2) is 24.4 Å². The van der Waals surface area contributed by atoms with Crippen LogP contribution in [-0.2, 0) is 7.05 Å². The van der Waals surface area contributed by atoms with Gasteiger partial charge in [-0.25, -0.2) is 9.37 Å². The van der Waals surface area contributed by atoms with E-state index in [0.29, 0.717) is 5.52 Å². The lowest BCUT2D eigenvalue weighted by atomic mass is 10.1. The summed E-state index contributed by atoms with van der Waals surface area (Å²) in [6.45, 7) is 0. The molecule has 0 amide bonds. The number of hydrogen-bond acceptors (Lipinski definition) is 4. The first-order chi connectivity index (χ1) is 9.60. The van der Waals surface area contributed by atoms with Crippen molar-refractivity contribution in [3.63, 3.8) is 0 Å². The predicted octanol–water partition coefficient (Wildman–Crippen LogP) is 2.84. The van der Waals surface area contributed by atoms with Crippen molar-refractivity contribution >= 4 is 55.7 Å². The smallest absolute Gasteiger partial charge is 0.152 e. The van der Waals surface area contributed by atoms with Crippen LogP contribution in [0.2, 0.25) is 0 Å². The quantitative estimate of drug-likeness (QED) is 0.506. The molecule has 3 heterocycles. The van der Waals surface area contributed by atoms with Crippen LogP contribution < -0.4 is 4.78 Å². The number of thiophene rings is 1. The molecule has 0 unspecified atom stereocenters. The zero-order valence-electron chi connectivity index (χ0n) is 10.4. The minimum atomic E-state index is -0.323. The fraction of sp³-hybridized carbons (Fsp3) is 0.0769. The third-order valence-electron chi connectivity index (χ3n) is 3.03. The lowest BCUT2D eigenvalue weighted by molar-refractivity contribution is 0.633. The molecule has 0 aliphatic rings. The average Bonchev–Trinajstić information content (AvgIpc) is 3.00. The first-order valence-electron chi connectivity index (χ1n) is 5.89. The van der Waals surface area contributed by atoms with Gasteiger partial charge in [-0.3, -0.25) is 4.68 Å². The van der Waals surface area contributed by atoms with Crippen LogP contribution in [0.25, 0.3) is 31.0 Å². The maximum absolute atomic E-state index is 14.1. The number of halogens is 1. The van der Waals surface area contributed by atoms with E-state index in [1.54, 1.807) is 17.9 Å². The van der Waals surface area contributed by atoms with Gasteiger partial charge in [0.05, 0.1) is 4.70 Å². The summed E-state index contributed by atoms with van der Waals surface area (Å²) in [6.07, 6.45) is 1.80. The molecular formula is C13H7BFN3S2. The van der Waals surface area contributed by atoms with Crippen LogP contribution in [0.3, 0.4) is 0 Å². The normalized spacial score (nSPS) is 11.7. The molecule has 0 bridgehead atoms. The third kappa shape index (κ3) is 1.77. The minimum absolute atomic E-state index is 0.323. The Morgan fingerprint density at radius 1 is 1.25 bits per heavy atom. The summed E-state index contributed by atoms with van der Waals surface area (Å²) < 4.78 is 17.5. The predicted molar refractivity (Wildman–Crippen MR) is 82.6 cm³/mol. The monoisotopic (exact) mass is 299 g/mol. The Morgan fingerprint density at radius 3 is 2.90 bits per heavy atom. The highest BCUT2D eigenvalue weighted by molar-refractivity contribution is 7.32. The Kier molecular flexibility index (Phi) is 2.49. The van der Waals surface area contributed by atoms with Gasteiger partial charge in [-0.15, -0.1) is 22.7 Å². The van der Waals surface area contributed by atoms with Crippen molar-refractivity contribution in [1.82, 2.24) is 14.8 Å². The molecule has 0 saturated carbocycles. The lowest BCUT2D eigenvalue weighted by Gasteiger charge is -1.97. The highest BCUT2D eigenvalue weighted by atomic mass is 32.1. The molecule has 0 spiro atoms. The van der Waals surface area contributed by atoms with E-state index in [0.717, 1.165) is 30.3 Å². The number of hydrogen-bond donors (Lipinski definition) is 0. The summed E-state index contributed by atoms with van der Waals surface area (Å²) in [6, 6.07) is 5.30. The van der Waals surface area contributed by atoms with E-state index in [1.165, 1.54) is 28.7 Å². The van der Waals surface area contributed by atoms with Crippen LogP contribution in [0.4, 0.5) is 4.39 Å². The highest BCUT2D eigenvalue weighted by Gasteiger charge is 2.13. The molecule has 96 valence electrons. The summed E-state index contributed by atoms with van der Waals surface area (Å²) in [4.78, 5) is 5.42. The molecule has 2 radical (unpaired) electrons. The van der Waals surface area contributed by atoms with E-state index in [2.05, 4.69) is 10.1 Å². The van der Waals surface area contributed by atoms with Gasteiger partial charge < -0.3 is 0 Å². The second-order valence-corrected chi connectivity index (χ2v) is 6.63. The Bertz CT molecular complexity index is 922. The Labute approximate surface area is 123 Å². The van der Waals surface area contributed by atoms with Gasteiger partial charge in [0.2, 0.25) is 0 Å². The maximum atomic E-state index is 14.1. The van der Waals surface area contributed by atoms with Crippen molar-refractivity contribution in [2.24, 2.45) is 7.05 Å². The Hall–Kier alpha value is -1.73. The minimum Gasteiger partial charge on any atom is -0.274 e. The summed E-state index contributed by atoms with van der Waals surface area (Å²) in [7, 11) is 7.52. The molecule has 7 heteroatoms. The van der Waals surface area contributed by atoms with E-state index in [9.17, 15) is 4.39 Å². The molecule has 3 nitrogen and oxygen atoms in total. The summed E-state index contributed by atoms with van der Waals surface area (Å²) in [5.74, 6) is -0.323. The highest BCUT2D eigenvalue weighted by Crippen LogP contribution is 2.34. The number of benzene rings is 1. The molecule has 0 aliphatic carbocycles. The zero-order chi connectivity index (χ0) is 13.9. The second kappa shape index (κ2) is 4.13. The van der Waals surface area contributed by atoms with Crippen molar-refractivity contribution in [3.05, 3.63) is 30.2 Å². The van der Waals surface area contributed by atoms with Crippen LogP contribution in [-0.4, -0.2) is 22.6 Å². The number of fused-ring (bicyclic) bond motifs is 2. The lowest BCUT2D eigenvalue weighted by Crippen LogP contribution is -1.89. The molecular weight excluding hydrogens is 292 g/mol. The van der Waals surface area contributed by atoms with Crippen molar-refractivity contribution < 1.29 is 4.39 Å². The first-order valence-corrected chi connectivity index (χ1v) is 7.52. The standard InChI is InChI=1S/C13H7BFN3S2/c1-18-5-7-2-6(3-8(15)11(7)17-18)12-16-13-9(19-12)4-10(14)20-13/h2-5H,1H3. The second-order valence-electron chi connectivity index (χ2n) is 4.54. The zero-order valence-corrected chi connectivity index (χ0v) is 12.1. The molecule has 3 aromatic heterocycles. The van der Waals surface area contributed by atoms with Gasteiger partial charge in [-0.2, -0.15) is 5.10 Å². The molecule has 4 aromatic rings. The molecule has 0 saturated heterocycles. The maximum Gasteiger partial charge on any atom is 0.152 e. The van der Waals surface area contributed by atoms with Gasteiger partial charge in [-0.05, 0) is 23.0 Å². The summed E-state index contributed by atoms with van der Waals surface area (Å²) in [5.41, 5.74) is 1.16. The van der Waals surface area contributed by atoms with E-state index in [-0.39, 0.29) is 5.82 Å².